The number of carbonyl (C=O) groups is 1. The summed E-state index contributed by atoms with van der Waals surface area (Å²) in [5.41, 5.74) is 5.16. The van der Waals surface area contributed by atoms with Crippen LogP contribution in [-0.2, 0) is 0 Å². The molecule has 3 aromatic rings. The van der Waals surface area contributed by atoms with Crippen molar-refractivity contribution in [2.24, 2.45) is 5.10 Å². The van der Waals surface area contributed by atoms with Crippen LogP contribution >= 0.6 is 0 Å². The average molecular weight is 351 g/mol. The number of rotatable bonds is 6. The number of methoxy groups -OCH3 is 2. The van der Waals surface area contributed by atoms with E-state index in [9.17, 15) is 4.79 Å². The maximum absolute atomic E-state index is 12.0. The lowest BCUT2D eigenvalue weighted by molar-refractivity contribution is 0.0955. The number of benzene rings is 1. The Bertz CT molecular complexity index is 922. The van der Waals surface area contributed by atoms with Crippen molar-refractivity contribution in [3.8, 4) is 22.8 Å². The fourth-order valence-corrected chi connectivity index (χ4v) is 2.34. The minimum absolute atomic E-state index is 0.323. The van der Waals surface area contributed by atoms with Crippen LogP contribution < -0.4 is 14.9 Å². The monoisotopic (exact) mass is 351 g/mol. The number of amides is 1. The largest absolute Gasteiger partial charge is 0.497 e. The van der Waals surface area contributed by atoms with Gasteiger partial charge in [-0.1, -0.05) is 0 Å². The molecule has 0 atom stereocenters. The van der Waals surface area contributed by atoms with Crippen molar-refractivity contribution in [1.29, 1.82) is 0 Å². The molecule has 2 aromatic heterocycles. The Morgan fingerprint density at radius 1 is 1.19 bits per heavy atom. The van der Waals surface area contributed by atoms with Crippen LogP contribution in [0.25, 0.3) is 11.3 Å². The van der Waals surface area contributed by atoms with Gasteiger partial charge in [0, 0.05) is 35.2 Å². The number of aromatic nitrogens is 3. The number of nitrogens with zero attached hydrogens (tertiary/aromatic N) is 3. The lowest BCUT2D eigenvalue weighted by atomic mass is 10.1. The van der Waals surface area contributed by atoms with Gasteiger partial charge in [-0.15, -0.1) is 0 Å². The van der Waals surface area contributed by atoms with Crippen molar-refractivity contribution in [2.45, 2.75) is 0 Å². The molecule has 8 nitrogen and oxygen atoms in total. The molecule has 0 spiro atoms. The summed E-state index contributed by atoms with van der Waals surface area (Å²) in [5.74, 6) is 0.991. The second kappa shape index (κ2) is 7.93. The molecule has 26 heavy (non-hydrogen) atoms. The Labute approximate surface area is 149 Å². The first-order valence-corrected chi connectivity index (χ1v) is 7.72. The molecule has 0 saturated carbocycles. The molecule has 0 bridgehead atoms. The van der Waals surface area contributed by atoms with E-state index in [2.05, 4.69) is 25.7 Å². The number of pyridine rings is 1. The SMILES string of the molecule is COc1ccc(-c2[nH]ncc2/C=N\NC(=O)c2ccncc2)c(OC)c1. The number of hydrogen-bond donors (Lipinski definition) is 2. The molecule has 132 valence electrons. The molecule has 0 radical (unpaired) electrons. The zero-order chi connectivity index (χ0) is 18.4. The lowest BCUT2D eigenvalue weighted by Crippen LogP contribution is -2.17. The van der Waals surface area contributed by atoms with Gasteiger partial charge < -0.3 is 9.47 Å². The second-order valence-corrected chi connectivity index (χ2v) is 5.20. The zero-order valence-electron chi connectivity index (χ0n) is 14.3. The van der Waals surface area contributed by atoms with Crippen LogP contribution in [0.15, 0.2) is 54.0 Å². The highest BCUT2D eigenvalue weighted by Crippen LogP contribution is 2.33. The maximum atomic E-state index is 12.0. The Morgan fingerprint density at radius 3 is 2.73 bits per heavy atom. The van der Waals surface area contributed by atoms with E-state index in [4.69, 9.17) is 9.47 Å². The molecular formula is C18H17N5O3. The third-order valence-electron chi connectivity index (χ3n) is 3.66. The van der Waals surface area contributed by atoms with Crippen LogP contribution in [0.1, 0.15) is 15.9 Å². The van der Waals surface area contributed by atoms with E-state index in [1.165, 1.54) is 6.21 Å². The number of H-pyrrole nitrogens is 1. The first-order valence-electron chi connectivity index (χ1n) is 7.72. The van der Waals surface area contributed by atoms with Gasteiger partial charge in [-0.05, 0) is 24.3 Å². The number of aromatic amines is 1. The molecule has 0 unspecified atom stereocenters. The summed E-state index contributed by atoms with van der Waals surface area (Å²) in [5, 5.41) is 11.0. The first kappa shape index (κ1) is 17.2. The van der Waals surface area contributed by atoms with Crippen molar-refractivity contribution in [1.82, 2.24) is 20.6 Å². The van der Waals surface area contributed by atoms with Crippen molar-refractivity contribution in [2.75, 3.05) is 14.2 Å². The summed E-state index contributed by atoms with van der Waals surface area (Å²) in [4.78, 5) is 15.9. The minimum atomic E-state index is -0.323. The number of ether oxygens (including phenoxy) is 2. The van der Waals surface area contributed by atoms with Gasteiger partial charge >= 0.3 is 0 Å². The second-order valence-electron chi connectivity index (χ2n) is 5.20. The quantitative estimate of drug-likeness (QED) is 0.524. The summed E-state index contributed by atoms with van der Waals surface area (Å²) < 4.78 is 10.6. The van der Waals surface area contributed by atoms with Crippen LogP contribution in [0.4, 0.5) is 0 Å². The van der Waals surface area contributed by atoms with Gasteiger partial charge in [-0.2, -0.15) is 10.2 Å². The van der Waals surface area contributed by atoms with Crippen molar-refractivity contribution in [3.63, 3.8) is 0 Å². The van der Waals surface area contributed by atoms with Gasteiger partial charge in [0.1, 0.15) is 11.5 Å². The Morgan fingerprint density at radius 2 is 2.00 bits per heavy atom. The fourth-order valence-electron chi connectivity index (χ4n) is 2.34. The predicted octanol–water partition coefficient (Wildman–Crippen LogP) is 2.25. The fraction of sp³-hybridized carbons (Fsp3) is 0.111. The van der Waals surface area contributed by atoms with Crippen molar-refractivity contribution < 1.29 is 14.3 Å². The molecule has 0 saturated heterocycles. The maximum Gasteiger partial charge on any atom is 0.271 e. The van der Waals surface area contributed by atoms with Crippen LogP contribution in [0.3, 0.4) is 0 Å². The standard InChI is InChI=1S/C18H17N5O3/c1-25-14-3-4-15(16(9-14)26-2)17-13(10-20-22-17)11-21-23-18(24)12-5-7-19-8-6-12/h3-11H,1-2H3,(H,20,22)(H,23,24)/b21-11-. The van der Waals surface area contributed by atoms with Crippen LogP contribution in [0.5, 0.6) is 11.5 Å². The van der Waals surface area contributed by atoms with Gasteiger partial charge in [-0.25, -0.2) is 5.43 Å². The number of carbonyl (C=O) groups excluding carboxylic acids is 1. The molecule has 3 rings (SSSR count). The van der Waals surface area contributed by atoms with Crippen molar-refractivity contribution in [3.05, 3.63) is 60.0 Å². The third-order valence-corrected chi connectivity index (χ3v) is 3.66. The third kappa shape index (κ3) is 3.69. The molecule has 2 N–H and O–H groups in total. The molecule has 2 heterocycles. The number of hydrazone groups is 1. The highest BCUT2D eigenvalue weighted by Gasteiger charge is 2.13. The molecule has 0 aliphatic rings. The topological polar surface area (TPSA) is 101 Å². The van der Waals surface area contributed by atoms with Crippen LogP contribution in [0.2, 0.25) is 0 Å². The highest BCUT2D eigenvalue weighted by molar-refractivity contribution is 5.95. The summed E-state index contributed by atoms with van der Waals surface area (Å²) in [6, 6.07) is 8.68. The summed E-state index contributed by atoms with van der Waals surface area (Å²) in [7, 11) is 3.17. The molecular weight excluding hydrogens is 334 g/mol. The van der Waals surface area contributed by atoms with Gasteiger partial charge in [0.05, 0.1) is 32.3 Å². The smallest absolute Gasteiger partial charge is 0.271 e. The first-order chi connectivity index (χ1) is 12.7. The number of nitrogens with one attached hydrogen (secondary N) is 2. The average Bonchev–Trinajstić information content (AvgIpc) is 3.16. The predicted molar refractivity (Wildman–Crippen MR) is 96.4 cm³/mol. The van der Waals surface area contributed by atoms with Crippen LogP contribution in [0, 0.1) is 0 Å². The van der Waals surface area contributed by atoms with E-state index < -0.39 is 0 Å². The molecule has 8 heteroatoms. The van der Waals surface area contributed by atoms with E-state index >= 15 is 0 Å². The normalized spacial score (nSPS) is 10.7. The minimum Gasteiger partial charge on any atom is -0.497 e. The molecule has 0 fully saturated rings. The van der Waals surface area contributed by atoms with E-state index in [0.29, 0.717) is 28.3 Å². The van der Waals surface area contributed by atoms with Crippen molar-refractivity contribution >= 4 is 12.1 Å². The Hall–Kier alpha value is -3.68. The van der Waals surface area contributed by atoms with E-state index in [-0.39, 0.29) is 5.91 Å². The van der Waals surface area contributed by atoms with Gasteiger partial charge in [-0.3, -0.25) is 14.9 Å². The molecule has 1 amide bonds. The van der Waals surface area contributed by atoms with E-state index in [1.54, 1.807) is 51.0 Å². The summed E-state index contributed by atoms with van der Waals surface area (Å²) in [6.45, 7) is 0. The lowest BCUT2D eigenvalue weighted by Gasteiger charge is -2.09. The zero-order valence-corrected chi connectivity index (χ0v) is 14.3. The molecule has 0 aliphatic heterocycles. The van der Waals surface area contributed by atoms with Crippen LogP contribution in [-0.4, -0.2) is 41.5 Å². The summed E-state index contributed by atoms with van der Waals surface area (Å²) >= 11 is 0. The summed E-state index contributed by atoms with van der Waals surface area (Å²) in [6.07, 6.45) is 6.22. The Kier molecular flexibility index (Phi) is 5.23. The molecule has 0 aliphatic carbocycles. The Balaban J connectivity index is 1.80. The molecule has 1 aromatic carbocycles. The van der Waals surface area contributed by atoms with E-state index in [1.807, 2.05) is 12.1 Å². The van der Waals surface area contributed by atoms with Gasteiger partial charge in [0.2, 0.25) is 0 Å². The van der Waals surface area contributed by atoms with E-state index in [0.717, 1.165) is 5.56 Å². The van der Waals surface area contributed by atoms with Gasteiger partial charge in [0.15, 0.2) is 0 Å². The number of hydrogen-bond acceptors (Lipinski definition) is 6. The van der Waals surface area contributed by atoms with Gasteiger partial charge in [0.25, 0.3) is 5.91 Å². The highest BCUT2D eigenvalue weighted by atomic mass is 16.5.